The fourth-order valence-electron chi connectivity index (χ4n) is 1.62. The third-order valence-electron chi connectivity index (χ3n) is 2.74. The first-order valence-electron chi connectivity index (χ1n) is 7.58. The van der Waals surface area contributed by atoms with E-state index in [2.05, 4.69) is 19.1 Å². The minimum absolute atomic E-state index is 0.376. The van der Waals surface area contributed by atoms with Gasteiger partial charge in [0.1, 0.15) is 5.75 Å². The molecule has 0 heterocycles. The van der Waals surface area contributed by atoms with Crippen molar-refractivity contribution in [3.63, 3.8) is 0 Å². The Morgan fingerprint density at radius 1 is 1.23 bits per heavy atom. The molecule has 0 saturated carbocycles. The van der Waals surface area contributed by atoms with Gasteiger partial charge in [0.15, 0.2) is 0 Å². The zero-order valence-corrected chi connectivity index (χ0v) is 14.2. The van der Waals surface area contributed by atoms with Crippen molar-refractivity contribution in [3.05, 3.63) is 36.0 Å². The second-order valence-electron chi connectivity index (χ2n) is 4.93. The normalized spacial score (nSPS) is 11.3. The van der Waals surface area contributed by atoms with E-state index < -0.39 is 0 Å². The molecule has 0 atom stereocenters. The molecule has 4 nitrogen and oxygen atoms in total. The van der Waals surface area contributed by atoms with Gasteiger partial charge in [-0.15, -0.1) is 11.8 Å². The van der Waals surface area contributed by atoms with Gasteiger partial charge in [0, 0.05) is 22.4 Å². The molecule has 0 aliphatic rings. The quantitative estimate of drug-likeness (QED) is 0.307. The molecular formula is C17H25NO3S. The van der Waals surface area contributed by atoms with Crippen LogP contribution in [0.5, 0.6) is 5.75 Å². The number of hydrogen-bond donors (Lipinski definition) is 1. The van der Waals surface area contributed by atoms with Crippen LogP contribution in [0, 0.1) is 0 Å². The first-order valence-corrected chi connectivity index (χ1v) is 8.56. The summed E-state index contributed by atoms with van der Waals surface area (Å²) in [5.41, 5.74) is 5.86. The number of ether oxygens (including phenoxy) is 2. The van der Waals surface area contributed by atoms with Gasteiger partial charge in [-0.25, -0.2) is 4.79 Å². The lowest BCUT2D eigenvalue weighted by Gasteiger charge is -2.06. The van der Waals surface area contributed by atoms with Crippen molar-refractivity contribution in [3.8, 4) is 5.75 Å². The molecule has 22 heavy (non-hydrogen) atoms. The second kappa shape index (κ2) is 11.0. The Kier molecular flexibility index (Phi) is 9.23. The van der Waals surface area contributed by atoms with Gasteiger partial charge in [-0.1, -0.05) is 13.3 Å². The summed E-state index contributed by atoms with van der Waals surface area (Å²) in [6.07, 6.45) is 4.32. The second-order valence-corrected chi connectivity index (χ2v) is 6.10. The van der Waals surface area contributed by atoms with Crippen molar-refractivity contribution in [1.82, 2.24) is 0 Å². The topological polar surface area (TPSA) is 61.5 Å². The lowest BCUT2D eigenvalue weighted by molar-refractivity contribution is -0.137. The highest BCUT2D eigenvalue weighted by Crippen LogP contribution is 2.22. The van der Waals surface area contributed by atoms with E-state index in [1.165, 1.54) is 11.0 Å². The Balaban J connectivity index is 2.17. The van der Waals surface area contributed by atoms with Crippen LogP contribution >= 0.6 is 11.8 Å². The maximum absolute atomic E-state index is 11.2. The standard InChI is InChI=1S/C17H25NO3S/c1-3-4-10-20-15-6-8-16(9-7-15)22-12-5-11-21-17(19)13-14(2)18/h6-9,13H,3-5,10-12,18H2,1-2H3/b14-13-. The summed E-state index contributed by atoms with van der Waals surface area (Å²) >= 11 is 1.74. The third kappa shape index (κ3) is 8.62. The predicted octanol–water partition coefficient (Wildman–Crippen LogP) is 3.75. The van der Waals surface area contributed by atoms with E-state index in [0.717, 1.165) is 37.4 Å². The highest BCUT2D eigenvalue weighted by atomic mass is 32.2. The first-order chi connectivity index (χ1) is 10.6. The van der Waals surface area contributed by atoms with E-state index in [0.29, 0.717) is 12.3 Å². The molecule has 0 aliphatic heterocycles. The summed E-state index contributed by atoms with van der Waals surface area (Å²) in [6.45, 7) is 4.99. The summed E-state index contributed by atoms with van der Waals surface area (Å²) in [5.74, 6) is 1.43. The van der Waals surface area contributed by atoms with Crippen LogP contribution in [0.4, 0.5) is 0 Å². The van der Waals surface area contributed by atoms with Gasteiger partial charge < -0.3 is 15.2 Å². The van der Waals surface area contributed by atoms with Gasteiger partial charge in [0.2, 0.25) is 0 Å². The van der Waals surface area contributed by atoms with Crippen LogP contribution in [0.15, 0.2) is 40.9 Å². The van der Waals surface area contributed by atoms with Crippen LogP contribution in [-0.2, 0) is 9.53 Å². The number of unbranched alkanes of at least 4 members (excludes halogenated alkanes) is 1. The lowest BCUT2D eigenvalue weighted by Crippen LogP contribution is -2.06. The number of allylic oxidation sites excluding steroid dienone is 1. The summed E-state index contributed by atoms with van der Waals surface area (Å²) in [6, 6.07) is 8.09. The van der Waals surface area contributed by atoms with Crippen LogP contribution < -0.4 is 10.5 Å². The van der Waals surface area contributed by atoms with Gasteiger partial charge in [0.25, 0.3) is 0 Å². The van der Waals surface area contributed by atoms with E-state index >= 15 is 0 Å². The van der Waals surface area contributed by atoms with Crippen LogP contribution in [0.2, 0.25) is 0 Å². The monoisotopic (exact) mass is 323 g/mol. The van der Waals surface area contributed by atoms with Crippen LogP contribution in [0.1, 0.15) is 33.1 Å². The van der Waals surface area contributed by atoms with E-state index in [9.17, 15) is 4.79 Å². The van der Waals surface area contributed by atoms with Gasteiger partial charge >= 0.3 is 5.97 Å². The number of benzene rings is 1. The number of carbonyl (C=O) groups is 1. The van der Waals surface area contributed by atoms with Gasteiger partial charge in [-0.2, -0.15) is 0 Å². The molecule has 5 heteroatoms. The van der Waals surface area contributed by atoms with Crippen molar-refractivity contribution in [2.75, 3.05) is 19.0 Å². The Labute approximate surface area is 137 Å². The van der Waals surface area contributed by atoms with Gasteiger partial charge in [-0.3, -0.25) is 0 Å². The summed E-state index contributed by atoms with van der Waals surface area (Å²) in [5, 5.41) is 0. The number of rotatable bonds is 10. The van der Waals surface area contributed by atoms with E-state index in [1.54, 1.807) is 18.7 Å². The number of nitrogens with two attached hydrogens (primary N) is 1. The molecular weight excluding hydrogens is 298 g/mol. The predicted molar refractivity (Wildman–Crippen MR) is 91.1 cm³/mol. The molecule has 0 spiro atoms. The zero-order valence-electron chi connectivity index (χ0n) is 13.3. The molecule has 0 aromatic heterocycles. The SMILES string of the molecule is CCCCOc1ccc(SCCCOC(=O)/C=C(/C)N)cc1. The average molecular weight is 323 g/mol. The zero-order chi connectivity index (χ0) is 16.2. The van der Waals surface area contributed by atoms with Gasteiger partial charge in [0.05, 0.1) is 13.2 Å². The molecule has 0 fully saturated rings. The Hall–Kier alpha value is -1.62. The Morgan fingerprint density at radius 3 is 2.59 bits per heavy atom. The lowest BCUT2D eigenvalue weighted by atomic mass is 10.3. The highest BCUT2D eigenvalue weighted by Gasteiger charge is 2.00. The molecule has 0 aliphatic carbocycles. The highest BCUT2D eigenvalue weighted by molar-refractivity contribution is 7.99. The molecule has 0 amide bonds. The van der Waals surface area contributed by atoms with Gasteiger partial charge in [-0.05, 0) is 44.0 Å². The van der Waals surface area contributed by atoms with Crippen molar-refractivity contribution in [2.24, 2.45) is 5.73 Å². The molecule has 0 saturated heterocycles. The smallest absolute Gasteiger partial charge is 0.332 e. The Morgan fingerprint density at radius 2 is 1.95 bits per heavy atom. The fraction of sp³-hybridized carbons (Fsp3) is 0.471. The van der Waals surface area contributed by atoms with Crippen LogP contribution in [0.25, 0.3) is 0 Å². The molecule has 1 rings (SSSR count). The van der Waals surface area contributed by atoms with Crippen molar-refractivity contribution in [1.29, 1.82) is 0 Å². The molecule has 1 aromatic rings. The minimum Gasteiger partial charge on any atom is -0.494 e. The molecule has 122 valence electrons. The largest absolute Gasteiger partial charge is 0.494 e. The number of carbonyl (C=O) groups excluding carboxylic acids is 1. The van der Waals surface area contributed by atoms with E-state index in [1.807, 2.05) is 12.1 Å². The average Bonchev–Trinajstić information content (AvgIpc) is 2.48. The number of hydrogen-bond acceptors (Lipinski definition) is 5. The minimum atomic E-state index is -0.376. The van der Waals surface area contributed by atoms with Crippen molar-refractivity contribution < 1.29 is 14.3 Å². The number of thioether (sulfide) groups is 1. The van der Waals surface area contributed by atoms with E-state index in [4.69, 9.17) is 15.2 Å². The maximum atomic E-state index is 11.2. The Bertz CT molecular complexity index is 467. The molecule has 2 N–H and O–H groups in total. The molecule has 0 unspecified atom stereocenters. The molecule has 0 radical (unpaired) electrons. The van der Waals surface area contributed by atoms with Crippen molar-refractivity contribution >= 4 is 17.7 Å². The fourth-order valence-corrected chi connectivity index (χ4v) is 2.44. The maximum Gasteiger partial charge on any atom is 0.332 e. The first kappa shape index (κ1) is 18.4. The summed E-state index contributed by atoms with van der Waals surface area (Å²) in [7, 11) is 0. The summed E-state index contributed by atoms with van der Waals surface area (Å²) < 4.78 is 10.7. The van der Waals surface area contributed by atoms with E-state index in [-0.39, 0.29) is 5.97 Å². The molecule has 0 bridgehead atoms. The number of esters is 1. The van der Waals surface area contributed by atoms with Crippen LogP contribution in [-0.4, -0.2) is 24.9 Å². The third-order valence-corrected chi connectivity index (χ3v) is 3.84. The molecule has 1 aromatic carbocycles. The summed E-state index contributed by atoms with van der Waals surface area (Å²) in [4.78, 5) is 12.4. The van der Waals surface area contributed by atoms with Crippen LogP contribution in [0.3, 0.4) is 0 Å². The van der Waals surface area contributed by atoms with Crippen molar-refractivity contribution in [2.45, 2.75) is 38.0 Å².